The second-order valence-electron chi connectivity index (χ2n) is 10.6. The van der Waals surface area contributed by atoms with Gasteiger partial charge in [-0.3, -0.25) is 9.36 Å². The minimum absolute atomic E-state index is 0.184. The van der Waals surface area contributed by atoms with Gasteiger partial charge in [0.05, 0.1) is 28.5 Å². The predicted molar refractivity (Wildman–Crippen MR) is 172 cm³/mol. The van der Waals surface area contributed by atoms with E-state index in [0.29, 0.717) is 20.6 Å². The first kappa shape index (κ1) is 26.9. The van der Waals surface area contributed by atoms with Crippen molar-refractivity contribution < 1.29 is 9.53 Å². The average molecular weight is 584 g/mol. The van der Waals surface area contributed by atoms with Gasteiger partial charge in [0.1, 0.15) is 0 Å². The number of nitrogens with zero attached hydrogens (tertiary/aromatic N) is 3. The van der Waals surface area contributed by atoms with E-state index in [2.05, 4.69) is 35.0 Å². The Balaban J connectivity index is 1.43. The van der Waals surface area contributed by atoms with Gasteiger partial charge < -0.3 is 9.30 Å². The summed E-state index contributed by atoms with van der Waals surface area (Å²) in [5, 5.41) is 3.08. The van der Waals surface area contributed by atoms with Crippen LogP contribution in [0.5, 0.6) is 0 Å². The second kappa shape index (κ2) is 11.0. The summed E-state index contributed by atoms with van der Waals surface area (Å²) >= 11 is 1.35. The number of benzene rings is 4. The largest absolute Gasteiger partial charge is 0.463 e. The maximum Gasteiger partial charge on any atom is 0.338 e. The Morgan fingerprint density at radius 1 is 0.930 bits per heavy atom. The van der Waals surface area contributed by atoms with E-state index in [1.807, 2.05) is 85.8 Å². The summed E-state index contributed by atoms with van der Waals surface area (Å²) < 4.78 is 9.94. The van der Waals surface area contributed by atoms with Crippen LogP contribution in [-0.4, -0.2) is 21.7 Å². The summed E-state index contributed by atoms with van der Waals surface area (Å²) in [7, 11) is 0. The van der Waals surface area contributed by atoms with Gasteiger partial charge in [-0.1, -0.05) is 102 Å². The number of ether oxygens (including phenoxy) is 1. The number of allylic oxidation sites excluding steroid dienone is 1. The minimum atomic E-state index is -0.664. The minimum Gasteiger partial charge on any atom is -0.463 e. The fourth-order valence-electron chi connectivity index (χ4n) is 6.02. The van der Waals surface area contributed by atoms with Crippen LogP contribution < -0.4 is 14.9 Å². The molecule has 7 heteroatoms. The van der Waals surface area contributed by atoms with Crippen molar-refractivity contribution in [3.05, 3.63) is 151 Å². The lowest BCUT2D eigenvalue weighted by molar-refractivity contribution is -0.139. The smallest absolute Gasteiger partial charge is 0.338 e. The van der Waals surface area contributed by atoms with Crippen LogP contribution in [0, 0.1) is 0 Å². The van der Waals surface area contributed by atoms with E-state index < -0.39 is 12.0 Å². The molecule has 0 spiro atoms. The molecule has 6 nitrogen and oxygen atoms in total. The zero-order valence-electron chi connectivity index (χ0n) is 23.9. The van der Waals surface area contributed by atoms with Crippen LogP contribution in [0.2, 0.25) is 0 Å². The summed E-state index contributed by atoms with van der Waals surface area (Å²) in [6.45, 7) is 4.55. The summed E-state index contributed by atoms with van der Waals surface area (Å²) in [5.41, 5.74) is 4.88. The molecule has 1 aliphatic heterocycles. The van der Waals surface area contributed by atoms with E-state index in [9.17, 15) is 9.59 Å². The van der Waals surface area contributed by atoms with Crippen molar-refractivity contribution in [1.29, 1.82) is 0 Å². The van der Waals surface area contributed by atoms with E-state index >= 15 is 0 Å². The molecule has 0 saturated carbocycles. The number of hydrogen-bond donors (Lipinski definition) is 0. The Bertz CT molecular complexity index is 2230. The molecule has 212 valence electrons. The lowest BCUT2D eigenvalue weighted by Gasteiger charge is -2.25. The molecule has 0 radical (unpaired) electrons. The lowest BCUT2D eigenvalue weighted by atomic mass is 9.91. The summed E-state index contributed by atoms with van der Waals surface area (Å²) in [5.74, 6) is -0.458. The molecule has 1 atom stereocenters. The molecule has 0 amide bonds. The molecular weight excluding hydrogens is 554 g/mol. The number of carbonyl (C=O) groups excluding carboxylic acids is 1. The summed E-state index contributed by atoms with van der Waals surface area (Å²) in [4.78, 5) is 33.0. The first-order chi connectivity index (χ1) is 21.0. The third kappa shape index (κ3) is 4.72. The fourth-order valence-corrected chi connectivity index (χ4v) is 7.05. The van der Waals surface area contributed by atoms with Crippen LogP contribution in [0.1, 0.15) is 36.6 Å². The van der Waals surface area contributed by atoms with Crippen LogP contribution in [0.4, 0.5) is 0 Å². The van der Waals surface area contributed by atoms with E-state index in [0.717, 1.165) is 39.3 Å². The Labute approximate surface area is 252 Å². The normalized spacial score (nSPS) is 15.1. The maximum absolute atomic E-state index is 14.3. The Kier molecular flexibility index (Phi) is 6.87. The molecule has 0 N–H and O–H groups in total. The number of aromatic nitrogens is 2. The molecule has 1 unspecified atom stereocenters. The van der Waals surface area contributed by atoms with E-state index in [-0.39, 0.29) is 12.2 Å². The molecule has 1 aliphatic rings. The number of carbonyl (C=O) groups is 1. The van der Waals surface area contributed by atoms with Gasteiger partial charge >= 0.3 is 5.97 Å². The quantitative estimate of drug-likeness (QED) is 0.228. The van der Waals surface area contributed by atoms with Crippen LogP contribution in [0.25, 0.3) is 27.8 Å². The monoisotopic (exact) mass is 583 g/mol. The molecule has 6 aromatic rings. The number of hydrogen-bond acceptors (Lipinski definition) is 5. The molecule has 43 heavy (non-hydrogen) atoms. The molecule has 0 aliphatic carbocycles. The second-order valence-corrected chi connectivity index (χ2v) is 11.6. The molecular formula is C36H29N3O3S. The van der Waals surface area contributed by atoms with Crippen molar-refractivity contribution in [1.82, 2.24) is 9.13 Å². The highest BCUT2D eigenvalue weighted by Gasteiger charge is 2.34. The van der Waals surface area contributed by atoms with Crippen molar-refractivity contribution in [3.8, 4) is 0 Å². The highest BCUT2D eigenvalue weighted by molar-refractivity contribution is 7.07. The standard InChI is InChI=1S/C36H29N3O3S/c1-3-42-35(41)32-23(2)37-36-39(33(32)29-18-11-15-25-14-7-8-16-27(25)29)34(40)31(43-36)20-26-22-38(21-24-12-5-4-6-13-24)30-19-10-9-17-28(26)30/h4-20,22,33H,3,21H2,1-2H3/b31-20+. The van der Waals surface area contributed by atoms with E-state index in [4.69, 9.17) is 9.73 Å². The Hall–Kier alpha value is -5.01. The maximum atomic E-state index is 14.3. The van der Waals surface area contributed by atoms with Crippen molar-refractivity contribution in [2.45, 2.75) is 26.4 Å². The highest BCUT2D eigenvalue weighted by Crippen LogP contribution is 2.35. The molecule has 0 saturated heterocycles. The van der Waals surface area contributed by atoms with Gasteiger partial charge in [-0.2, -0.15) is 0 Å². The van der Waals surface area contributed by atoms with Crippen LogP contribution in [-0.2, 0) is 16.1 Å². The predicted octanol–water partition coefficient (Wildman–Crippen LogP) is 5.95. The lowest BCUT2D eigenvalue weighted by Crippen LogP contribution is -2.40. The molecule has 0 fully saturated rings. The van der Waals surface area contributed by atoms with Gasteiger partial charge in [0.2, 0.25) is 0 Å². The number of esters is 1. The van der Waals surface area contributed by atoms with Crippen molar-refractivity contribution in [2.75, 3.05) is 6.61 Å². The van der Waals surface area contributed by atoms with Gasteiger partial charge in [-0.15, -0.1) is 0 Å². The first-order valence-electron chi connectivity index (χ1n) is 14.3. The van der Waals surface area contributed by atoms with Crippen LogP contribution >= 0.6 is 11.3 Å². The summed E-state index contributed by atoms with van der Waals surface area (Å²) in [6.07, 6.45) is 4.06. The molecule has 3 heterocycles. The van der Waals surface area contributed by atoms with Crippen LogP contribution in [0.15, 0.2) is 124 Å². The average Bonchev–Trinajstić information content (AvgIpc) is 3.52. The van der Waals surface area contributed by atoms with Crippen molar-refractivity contribution in [3.63, 3.8) is 0 Å². The topological polar surface area (TPSA) is 65.6 Å². The number of thiazole rings is 1. The van der Waals surface area contributed by atoms with Crippen LogP contribution in [0.3, 0.4) is 0 Å². The van der Waals surface area contributed by atoms with E-state index in [1.54, 1.807) is 11.5 Å². The number of para-hydroxylation sites is 1. The van der Waals surface area contributed by atoms with Crippen molar-refractivity contribution in [2.24, 2.45) is 4.99 Å². The van der Waals surface area contributed by atoms with Gasteiger partial charge in [0.25, 0.3) is 5.56 Å². The summed E-state index contributed by atoms with van der Waals surface area (Å²) in [6, 6.07) is 31.9. The molecule has 2 aromatic heterocycles. The molecule has 7 rings (SSSR count). The third-order valence-electron chi connectivity index (χ3n) is 7.94. The Morgan fingerprint density at radius 3 is 2.47 bits per heavy atom. The molecule has 0 bridgehead atoms. The molecule has 4 aromatic carbocycles. The Morgan fingerprint density at radius 2 is 1.65 bits per heavy atom. The van der Waals surface area contributed by atoms with Gasteiger partial charge in [0, 0.05) is 29.2 Å². The first-order valence-corrected chi connectivity index (χ1v) is 15.1. The third-order valence-corrected chi connectivity index (χ3v) is 8.92. The van der Waals surface area contributed by atoms with Gasteiger partial charge in [-0.25, -0.2) is 9.79 Å². The van der Waals surface area contributed by atoms with Crippen molar-refractivity contribution >= 4 is 45.1 Å². The SMILES string of the molecule is CCOC(=O)C1=C(C)N=c2s/c(=C/c3cn(Cc4ccccc4)c4ccccc34)c(=O)n2C1c1cccc2ccccc12. The van der Waals surface area contributed by atoms with E-state index in [1.165, 1.54) is 16.9 Å². The van der Waals surface area contributed by atoms with Gasteiger partial charge in [0.15, 0.2) is 4.80 Å². The van der Waals surface area contributed by atoms with Gasteiger partial charge in [-0.05, 0) is 47.9 Å². The number of fused-ring (bicyclic) bond motifs is 3. The zero-order chi connectivity index (χ0) is 29.5. The number of rotatable bonds is 6. The fraction of sp³-hybridized carbons (Fsp3) is 0.139. The zero-order valence-corrected chi connectivity index (χ0v) is 24.7. The highest BCUT2D eigenvalue weighted by atomic mass is 32.1.